The van der Waals surface area contributed by atoms with Gasteiger partial charge in [0, 0.05) is 67.5 Å². The third-order valence-electron chi connectivity index (χ3n) is 8.13. The smallest absolute Gasteiger partial charge is 0.290 e. The number of rotatable bonds is 6. The molecule has 0 fully saturated rings. The van der Waals surface area contributed by atoms with E-state index in [1.165, 1.54) is 10.4 Å². The third kappa shape index (κ3) is 4.64. The Labute approximate surface area is 238 Å². The lowest BCUT2D eigenvalue weighted by atomic mass is 9.96. The Morgan fingerprint density at radius 2 is 1.80 bits per heavy atom. The van der Waals surface area contributed by atoms with E-state index in [9.17, 15) is 19.8 Å². The maximum absolute atomic E-state index is 13.2. The highest BCUT2D eigenvalue weighted by molar-refractivity contribution is 6.11. The number of ketones is 1. The van der Waals surface area contributed by atoms with Crippen molar-refractivity contribution in [2.45, 2.75) is 51.7 Å². The minimum Gasteiger partial charge on any atom is -0.392 e. The second-order valence-corrected chi connectivity index (χ2v) is 11.4. The van der Waals surface area contributed by atoms with E-state index < -0.39 is 5.60 Å². The molecule has 2 aliphatic heterocycles. The van der Waals surface area contributed by atoms with Gasteiger partial charge in [0.1, 0.15) is 17.0 Å². The zero-order chi connectivity index (χ0) is 29.1. The Balaban J connectivity index is 1.36. The van der Waals surface area contributed by atoms with Gasteiger partial charge in [0.05, 0.1) is 18.0 Å². The lowest BCUT2D eigenvalue weighted by Gasteiger charge is -2.35. The lowest BCUT2D eigenvalue weighted by Crippen LogP contribution is -2.37. The number of anilines is 3. The molecule has 6 rings (SSSR count). The average molecular weight is 558 g/mol. The monoisotopic (exact) mass is 557 g/mol. The fourth-order valence-corrected chi connectivity index (χ4v) is 6.17. The molecule has 0 amide bonds. The van der Waals surface area contributed by atoms with Crippen LogP contribution < -0.4 is 15.8 Å². The summed E-state index contributed by atoms with van der Waals surface area (Å²) in [5.41, 5.74) is 4.86. The van der Waals surface area contributed by atoms with E-state index >= 15 is 0 Å². The van der Waals surface area contributed by atoms with E-state index in [4.69, 9.17) is 0 Å². The molecule has 0 bridgehead atoms. The molecule has 3 aromatic rings. The van der Waals surface area contributed by atoms with Crippen LogP contribution in [0, 0.1) is 0 Å². The number of nitrogens with one attached hydrogen (secondary N) is 1. The van der Waals surface area contributed by atoms with Crippen molar-refractivity contribution in [3.63, 3.8) is 0 Å². The first-order chi connectivity index (χ1) is 19.6. The SMILES string of the molecule is Cn1nc(Nc2cc(-c3cccc(N4C=C5C(=O)C6=C(CCCC6)N5CC4)c3CO)nn(C)c2=O)cc1C(C)(C)O. The van der Waals surface area contributed by atoms with Crippen molar-refractivity contribution in [1.82, 2.24) is 24.5 Å². The Bertz CT molecular complexity index is 1670. The number of benzene rings is 1. The Kier molecular flexibility index (Phi) is 6.58. The molecule has 4 heterocycles. The largest absolute Gasteiger partial charge is 0.392 e. The molecule has 3 N–H and O–H groups in total. The fourth-order valence-electron chi connectivity index (χ4n) is 6.17. The van der Waals surface area contributed by atoms with Crippen LogP contribution in [-0.2, 0) is 31.1 Å². The van der Waals surface area contributed by atoms with Crippen molar-refractivity contribution < 1.29 is 15.0 Å². The van der Waals surface area contributed by atoms with Gasteiger partial charge in [-0.15, -0.1) is 0 Å². The molecule has 11 nitrogen and oxygen atoms in total. The topological polar surface area (TPSA) is 129 Å². The van der Waals surface area contributed by atoms with E-state index in [1.807, 2.05) is 29.3 Å². The molecular weight excluding hydrogens is 522 g/mol. The summed E-state index contributed by atoms with van der Waals surface area (Å²) in [6, 6.07) is 9.03. The van der Waals surface area contributed by atoms with Crippen molar-refractivity contribution in [2.24, 2.45) is 14.1 Å². The molecule has 0 radical (unpaired) electrons. The minimum atomic E-state index is -1.11. The van der Waals surface area contributed by atoms with Crippen molar-refractivity contribution in [3.05, 3.63) is 75.1 Å². The average Bonchev–Trinajstić information content (AvgIpc) is 3.47. The van der Waals surface area contributed by atoms with Gasteiger partial charge < -0.3 is 25.3 Å². The van der Waals surface area contributed by atoms with E-state index in [1.54, 1.807) is 44.8 Å². The predicted octanol–water partition coefficient (Wildman–Crippen LogP) is 3.02. The van der Waals surface area contributed by atoms with E-state index in [-0.39, 0.29) is 23.6 Å². The second kappa shape index (κ2) is 10.0. The normalized spacial score (nSPS) is 17.1. The van der Waals surface area contributed by atoms with Crippen LogP contribution in [0.5, 0.6) is 0 Å². The molecule has 0 saturated carbocycles. The number of Topliss-reactive ketones (excluding diaryl/α,β-unsaturated/α-hetero) is 1. The molecule has 41 heavy (non-hydrogen) atoms. The fraction of sp³-hybridized carbons (Fsp3) is 0.400. The molecule has 0 atom stereocenters. The zero-order valence-electron chi connectivity index (χ0n) is 23.8. The van der Waals surface area contributed by atoms with Crippen LogP contribution in [0.2, 0.25) is 0 Å². The first-order valence-corrected chi connectivity index (χ1v) is 13.9. The molecule has 11 heteroatoms. The standard InChI is InChI=1S/C30H35N7O4/c1-30(2,41)26-15-27(33-34(26)3)31-22-14-21(32-35(4)29(22)40)18-9-7-11-23(20(18)17-38)36-12-13-37-24-10-6-5-8-19(24)28(39)25(37)16-36/h7,9,11,14-16,38,41H,5-6,8,10,12-13,17H2,1-4H3,(H,31,33). The number of aliphatic hydroxyl groups excluding tert-OH is 1. The first-order valence-electron chi connectivity index (χ1n) is 13.9. The Morgan fingerprint density at radius 1 is 1.02 bits per heavy atom. The summed E-state index contributed by atoms with van der Waals surface area (Å²) < 4.78 is 2.82. The number of aromatic nitrogens is 4. The molecule has 1 aromatic carbocycles. The van der Waals surface area contributed by atoms with Crippen molar-refractivity contribution >= 4 is 23.0 Å². The van der Waals surface area contributed by atoms with Crippen LogP contribution in [0.1, 0.15) is 50.8 Å². The van der Waals surface area contributed by atoms with Crippen LogP contribution in [0.15, 0.2) is 58.3 Å². The highest BCUT2D eigenvalue weighted by Crippen LogP contribution is 2.41. The Hall–Kier alpha value is -4.22. The summed E-state index contributed by atoms with van der Waals surface area (Å²) in [6.07, 6.45) is 5.86. The van der Waals surface area contributed by atoms with Crippen LogP contribution in [-0.4, -0.2) is 53.5 Å². The zero-order valence-corrected chi connectivity index (χ0v) is 23.8. The van der Waals surface area contributed by atoms with Crippen LogP contribution >= 0.6 is 0 Å². The third-order valence-corrected chi connectivity index (χ3v) is 8.13. The van der Waals surface area contributed by atoms with Gasteiger partial charge in [-0.1, -0.05) is 12.1 Å². The summed E-state index contributed by atoms with van der Waals surface area (Å²) in [7, 11) is 3.30. The van der Waals surface area contributed by atoms with Gasteiger partial charge in [0.15, 0.2) is 5.82 Å². The highest BCUT2D eigenvalue weighted by atomic mass is 16.3. The van der Waals surface area contributed by atoms with E-state index in [0.717, 1.165) is 36.9 Å². The van der Waals surface area contributed by atoms with Gasteiger partial charge in [0.25, 0.3) is 5.56 Å². The molecule has 214 valence electrons. The quantitative estimate of drug-likeness (QED) is 0.419. The molecule has 2 aromatic heterocycles. The predicted molar refractivity (Wildman–Crippen MR) is 155 cm³/mol. The van der Waals surface area contributed by atoms with E-state index in [2.05, 4.69) is 20.4 Å². The van der Waals surface area contributed by atoms with Crippen LogP contribution in [0.4, 0.5) is 17.2 Å². The number of allylic oxidation sites excluding steroid dienone is 2. The maximum atomic E-state index is 13.2. The van der Waals surface area contributed by atoms with E-state index in [0.29, 0.717) is 47.1 Å². The summed E-state index contributed by atoms with van der Waals surface area (Å²) >= 11 is 0. The van der Waals surface area contributed by atoms with Gasteiger partial charge in [-0.05, 0) is 51.7 Å². The van der Waals surface area contributed by atoms with Crippen LogP contribution in [0.25, 0.3) is 11.3 Å². The summed E-state index contributed by atoms with van der Waals surface area (Å²) in [5.74, 6) is 0.529. The summed E-state index contributed by atoms with van der Waals surface area (Å²) in [6.45, 7) is 4.46. The lowest BCUT2D eigenvalue weighted by molar-refractivity contribution is -0.112. The van der Waals surface area contributed by atoms with Gasteiger partial charge in [-0.3, -0.25) is 14.3 Å². The molecule has 0 spiro atoms. The highest BCUT2D eigenvalue weighted by Gasteiger charge is 2.38. The molecule has 0 unspecified atom stereocenters. The number of nitrogens with zero attached hydrogens (tertiary/aromatic N) is 6. The number of aryl methyl sites for hydroxylation is 2. The number of hydrogen-bond acceptors (Lipinski definition) is 9. The number of carbonyl (C=O) groups is 1. The maximum Gasteiger partial charge on any atom is 0.290 e. The molecule has 1 aliphatic carbocycles. The van der Waals surface area contributed by atoms with Gasteiger partial charge in [0.2, 0.25) is 5.78 Å². The molecular formula is C30H35N7O4. The number of aliphatic hydroxyl groups is 2. The number of hydrogen-bond donors (Lipinski definition) is 3. The number of fused-ring (bicyclic) bond motifs is 2. The van der Waals surface area contributed by atoms with Crippen molar-refractivity contribution in [2.75, 3.05) is 23.3 Å². The van der Waals surface area contributed by atoms with Gasteiger partial charge >= 0.3 is 0 Å². The second-order valence-electron chi connectivity index (χ2n) is 11.4. The van der Waals surface area contributed by atoms with Gasteiger partial charge in [-0.25, -0.2) is 4.68 Å². The number of carbonyl (C=O) groups excluding carboxylic acids is 1. The van der Waals surface area contributed by atoms with Crippen molar-refractivity contribution in [1.29, 1.82) is 0 Å². The van der Waals surface area contributed by atoms with Gasteiger partial charge in [-0.2, -0.15) is 10.2 Å². The van der Waals surface area contributed by atoms with Crippen molar-refractivity contribution in [3.8, 4) is 11.3 Å². The minimum absolute atomic E-state index is 0.115. The molecule has 0 saturated heterocycles. The summed E-state index contributed by atoms with van der Waals surface area (Å²) in [4.78, 5) is 30.4. The Morgan fingerprint density at radius 3 is 2.54 bits per heavy atom. The summed E-state index contributed by atoms with van der Waals surface area (Å²) in [5, 5.41) is 33.0. The van der Waals surface area contributed by atoms with Crippen LogP contribution in [0.3, 0.4) is 0 Å². The molecule has 3 aliphatic rings. The first kappa shape index (κ1) is 27.0.